The summed E-state index contributed by atoms with van der Waals surface area (Å²) in [5.41, 5.74) is 1.62. The van der Waals surface area contributed by atoms with Gasteiger partial charge >= 0.3 is 0 Å². The number of imidazole rings is 1. The Morgan fingerprint density at radius 2 is 1.82 bits per heavy atom. The molecular weight excluding hydrogens is 257 g/mol. The molecule has 0 amide bonds. The minimum Gasteiger partial charge on any atom is -0.266 e. The molecule has 3 aromatic rings. The number of rotatable bonds is 1. The fraction of sp³-hybridized carbons (Fsp3) is 0. The van der Waals surface area contributed by atoms with Crippen molar-refractivity contribution in [2.75, 3.05) is 0 Å². The molecule has 0 saturated carbocycles. The summed E-state index contributed by atoms with van der Waals surface area (Å²) >= 11 is 12.0. The Morgan fingerprint density at radius 3 is 2.59 bits per heavy atom. The molecule has 84 valence electrons. The summed E-state index contributed by atoms with van der Waals surface area (Å²) in [7, 11) is 0. The van der Waals surface area contributed by atoms with Crippen LogP contribution in [0.25, 0.3) is 17.0 Å². The Bertz CT molecular complexity index is 677. The third-order valence-electron chi connectivity index (χ3n) is 2.45. The molecule has 2 heterocycles. The number of halogens is 2. The maximum absolute atomic E-state index is 6.16. The van der Waals surface area contributed by atoms with Crippen molar-refractivity contribution in [2.45, 2.75) is 0 Å². The first-order chi connectivity index (χ1) is 8.25. The van der Waals surface area contributed by atoms with Crippen molar-refractivity contribution in [3.63, 3.8) is 0 Å². The van der Waals surface area contributed by atoms with E-state index in [9.17, 15) is 0 Å². The van der Waals surface area contributed by atoms with Crippen molar-refractivity contribution in [3.05, 3.63) is 52.9 Å². The van der Waals surface area contributed by atoms with E-state index in [-0.39, 0.29) is 0 Å². The van der Waals surface area contributed by atoms with Gasteiger partial charge < -0.3 is 0 Å². The van der Waals surface area contributed by atoms with Gasteiger partial charge in [-0.2, -0.15) is 0 Å². The zero-order valence-corrected chi connectivity index (χ0v) is 10.2. The summed E-state index contributed by atoms with van der Waals surface area (Å²) < 4.78 is 1.77. The predicted octanol–water partition coefficient (Wildman–Crippen LogP) is 3.70. The summed E-state index contributed by atoms with van der Waals surface area (Å²) in [5, 5.41) is 0.860. The monoisotopic (exact) mass is 263 g/mol. The van der Waals surface area contributed by atoms with E-state index in [0.29, 0.717) is 16.0 Å². The second kappa shape index (κ2) is 4.02. The second-order valence-electron chi connectivity index (χ2n) is 3.54. The number of hydrogen-bond acceptors (Lipinski definition) is 2. The molecule has 0 N–H and O–H groups in total. The van der Waals surface area contributed by atoms with Crippen LogP contribution in [0.4, 0.5) is 0 Å². The fourth-order valence-corrected chi connectivity index (χ4v) is 2.24. The summed E-state index contributed by atoms with van der Waals surface area (Å²) in [5.74, 6) is 0.759. The minimum atomic E-state index is 0.363. The molecule has 2 aromatic heterocycles. The van der Waals surface area contributed by atoms with Gasteiger partial charge in [-0.25, -0.2) is 9.97 Å². The lowest BCUT2D eigenvalue weighted by atomic mass is 10.2. The molecule has 3 rings (SSSR count). The molecule has 0 atom stereocenters. The van der Waals surface area contributed by atoms with Crippen LogP contribution in [0.3, 0.4) is 0 Å². The third-order valence-corrected chi connectivity index (χ3v) is 2.92. The van der Waals surface area contributed by atoms with Crippen LogP contribution < -0.4 is 0 Å². The first-order valence-corrected chi connectivity index (χ1v) is 5.76. The van der Waals surface area contributed by atoms with E-state index in [0.717, 1.165) is 11.4 Å². The molecule has 0 aliphatic heterocycles. The zero-order valence-electron chi connectivity index (χ0n) is 8.64. The maximum Gasteiger partial charge on any atom is 0.159 e. The molecule has 3 nitrogen and oxygen atoms in total. The van der Waals surface area contributed by atoms with Crippen molar-refractivity contribution < 1.29 is 0 Å². The molecule has 1 aromatic carbocycles. The first-order valence-electron chi connectivity index (χ1n) is 5.00. The van der Waals surface area contributed by atoms with Gasteiger partial charge in [0.1, 0.15) is 16.1 Å². The Balaban J connectivity index is 2.32. The van der Waals surface area contributed by atoms with Crippen molar-refractivity contribution in [3.8, 4) is 11.4 Å². The van der Waals surface area contributed by atoms with E-state index in [1.807, 2.05) is 30.3 Å². The van der Waals surface area contributed by atoms with Crippen LogP contribution in [0.15, 0.2) is 42.6 Å². The van der Waals surface area contributed by atoms with E-state index >= 15 is 0 Å². The van der Waals surface area contributed by atoms with Gasteiger partial charge in [0.2, 0.25) is 0 Å². The molecule has 0 bridgehead atoms. The van der Waals surface area contributed by atoms with Gasteiger partial charge in [0, 0.05) is 11.6 Å². The maximum atomic E-state index is 6.16. The topological polar surface area (TPSA) is 30.2 Å². The van der Waals surface area contributed by atoms with Gasteiger partial charge in [0.25, 0.3) is 0 Å². The number of aromatic nitrogens is 3. The van der Waals surface area contributed by atoms with Crippen LogP contribution in [0.1, 0.15) is 0 Å². The Hall–Kier alpha value is -1.58. The fourth-order valence-electron chi connectivity index (χ4n) is 1.73. The van der Waals surface area contributed by atoms with Crippen LogP contribution in [0, 0.1) is 0 Å². The van der Waals surface area contributed by atoms with E-state index in [2.05, 4.69) is 9.97 Å². The van der Waals surface area contributed by atoms with Crippen LogP contribution in [-0.4, -0.2) is 14.4 Å². The SMILES string of the molecule is Clc1cc(Cl)n2c(-c3ccccc3)ncc2n1. The highest BCUT2D eigenvalue weighted by Crippen LogP contribution is 2.24. The highest BCUT2D eigenvalue weighted by molar-refractivity contribution is 6.33. The van der Waals surface area contributed by atoms with Gasteiger partial charge in [-0.3, -0.25) is 4.40 Å². The van der Waals surface area contributed by atoms with Crippen molar-refractivity contribution >= 4 is 28.8 Å². The third kappa shape index (κ3) is 1.77. The zero-order chi connectivity index (χ0) is 11.8. The van der Waals surface area contributed by atoms with Gasteiger partial charge in [-0.1, -0.05) is 53.5 Å². The number of fused-ring (bicyclic) bond motifs is 1. The first kappa shape index (κ1) is 10.6. The summed E-state index contributed by atoms with van der Waals surface area (Å²) in [6.07, 6.45) is 1.65. The molecule has 0 saturated heterocycles. The van der Waals surface area contributed by atoms with E-state index in [1.54, 1.807) is 16.7 Å². The second-order valence-corrected chi connectivity index (χ2v) is 4.32. The highest BCUT2D eigenvalue weighted by atomic mass is 35.5. The van der Waals surface area contributed by atoms with Gasteiger partial charge in [0.05, 0.1) is 6.20 Å². The van der Waals surface area contributed by atoms with Crippen molar-refractivity contribution in [2.24, 2.45) is 0 Å². The predicted molar refractivity (Wildman–Crippen MR) is 68.4 cm³/mol. The van der Waals surface area contributed by atoms with Gasteiger partial charge in [0.15, 0.2) is 5.65 Å². The molecule has 0 aliphatic carbocycles. The lowest BCUT2D eigenvalue weighted by Crippen LogP contribution is -1.93. The summed E-state index contributed by atoms with van der Waals surface area (Å²) in [6, 6.07) is 11.4. The standard InChI is InChI=1S/C12H7Cl2N3/c13-9-6-10(14)17-11(16-9)7-15-12(17)8-4-2-1-3-5-8/h1-7H. The van der Waals surface area contributed by atoms with Crippen LogP contribution in [0.5, 0.6) is 0 Å². The average Bonchev–Trinajstić information content (AvgIpc) is 2.74. The van der Waals surface area contributed by atoms with Crippen molar-refractivity contribution in [1.82, 2.24) is 14.4 Å². The molecule has 0 fully saturated rings. The van der Waals surface area contributed by atoms with E-state index in [1.165, 1.54) is 0 Å². The van der Waals surface area contributed by atoms with Crippen LogP contribution >= 0.6 is 23.2 Å². The Kier molecular flexibility index (Phi) is 2.50. The summed E-state index contributed by atoms with van der Waals surface area (Å²) in [4.78, 5) is 8.49. The van der Waals surface area contributed by atoms with Gasteiger partial charge in [-0.05, 0) is 0 Å². The minimum absolute atomic E-state index is 0.363. The molecule has 0 radical (unpaired) electrons. The lowest BCUT2D eigenvalue weighted by molar-refractivity contribution is 1.12. The number of hydrogen-bond donors (Lipinski definition) is 0. The quantitative estimate of drug-likeness (QED) is 0.627. The molecule has 5 heteroatoms. The van der Waals surface area contributed by atoms with Crippen LogP contribution in [0.2, 0.25) is 10.3 Å². The summed E-state index contributed by atoms with van der Waals surface area (Å²) in [6.45, 7) is 0. The number of nitrogens with zero attached hydrogens (tertiary/aromatic N) is 3. The average molecular weight is 264 g/mol. The molecule has 0 spiro atoms. The molecule has 0 aliphatic rings. The van der Waals surface area contributed by atoms with Gasteiger partial charge in [-0.15, -0.1) is 0 Å². The van der Waals surface area contributed by atoms with E-state index in [4.69, 9.17) is 23.2 Å². The Labute approximate surface area is 108 Å². The highest BCUT2D eigenvalue weighted by Gasteiger charge is 2.10. The lowest BCUT2D eigenvalue weighted by Gasteiger charge is -2.03. The largest absolute Gasteiger partial charge is 0.266 e. The normalized spacial score (nSPS) is 10.9. The Morgan fingerprint density at radius 1 is 1.06 bits per heavy atom. The van der Waals surface area contributed by atoms with Crippen molar-refractivity contribution in [1.29, 1.82) is 0 Å². The molecular formula is C12H7Cl2N3. The van der Waals surface area contributed by atoms with Crippen LogP contribution in [-0.2, 0) is 0 Å². The van der Waals surface area contributed by atoms with E-state index < -0.39 is 0 Å². The smallest absolute Gasteiger partial charge is 0.159 e. The number of benzene rings is 1. The molecule has 17 heavy (non-hydrogen) atoms. The molecule has 0 unspecified atom stereocenters.